The molecule has 0 aliphatic carbocycles. The maximum Gasteiger partial charge on any atom is 0.144 e. The Hall–Kier alpha value is -1.06. The maximum absolute atomic E-state index is 6.04. The highest BCUT2D eigenvalue weighted by Gasteiger charge is 2.09. The molecule has 0 saturated heterocycles. The zero-order valence-corrected chi connectivity index (χ0v) is 26.3. The molecule has 0 saturated carbocycles. The van der Waals surface area contributed by atoms with Gasteiger partial charge >= 0.3 is 0 Å². The van der Waals surface area contributed by atoms with Gasteiger partial charge in [-0.1, -0.05) is 122 Å². The molecule has 3 heteroatoms. The van der Waals surface area contributed by atoms with Crippen LogP contribution in [0.5, 0.6) is 0 Å². The Bertz CT molecular complexity index is 472. The summed E-state index contributed by atoms with van der Waals surface area (Å²) in [5, 5.41) is 0. The van der Waals surface area contributed by atoms with E-state index in [1.165, 1.54) is 122 Å². The molecule has 0 aromatic rings. The number of hydrogen-bond donors (Lipinski definition) is 0. The average molecular weight is 549 g/mol. The summed E-state index contributed by atoms with van der Waals surface area (Å²) in [5.74, 6) is 0. The van der Waals surface area contributed by atoms with Crippen molar-refractivity contribution in [1.29, 1.82) is 0 Å². The van der Waals surface area contributed by atoms with Crippen LogP contribution in [0.3, 0.4) is 0 Å². The average Bonchev–Trinajstić information content (AvgIpc) is 2.95. The number of ether oxygens (including phenoxy) is 3. The van der Waals surface area contributed by atoms with E-state index in [1.54, 1.807) is 0 Å². The van der Waals surface area contributed by atoms with Crippen molar-refractivity contribution in [2.75, 3.05) is 26.4 Å². The topological polar surface area (TPSA) is 27.7 Å². The van der Waals surface area contributed by atoms with Crippen molar-refractivity contribution in [2.45, 2.75) is 167 Å². The lowest BCUT2D eigenvalue weighted by atomic mass is 10.1. The molecule has 0 aliphatic rings. The number of allylic oxidation sites excluding steroid dienone is 3. The minimum absolute atomic E-state index is 0.00925. The van der Waals surface area contributed by atoms with Gasteiger partial charge in [0.05, 0.1) is 19.5 Å². The van der Waals surface area contributed by atoms with Crippen LogP contribution in [0.25, 0.3) is 0 Å². The minimum atomic E-state index is -0.00925. The summed E-state index contributed by atoms with van der Waals surface area (Å²) in [6, 6.07) is 0. The van der Waals surface area contributed by atoms with E-state index in [2.05, 4.69) is 26.2 Å². The summed E-state index contributed by atoms with van der Waals surface area (Å²) >= 11 is 0. The first-order valence-electron chi connectivity index (χ1n) is 17.0. The Labute approximate surface area is 245 Å². The van der Waals surface area contributed by atoms with Crippen LogP contribution >= 0.6 is 0 Å². The predicted octanol–water partition coefficient (Wildman–Crippen LogP) is 11.7. The molecule has 0 heterocycles. The van der Waals surface area contributed by atoms with Crippen LogP contribution in [0.2, 0.25) is 0 Å². The molecular formula is C36H68O3. The summed E-state index contributed by atoms with van der Waals surface area (Å²) in [6.45, 7) is 12.8. The molecule has 3 nitrogen and oxygen atoms in total. The fraction of sp³-hybridized carbons (Fsp3) is 0.833. The van der Waals surface area contributed by atoms with Crippen molar-refractivity contribution in [3.63, 3.8) is 0 Å². The molecular weight excluding hydrogens is 480 g/mol. The van der Waals surface area contributed by atoms with E-state index in [-0.39, 0.29) is 6.10 Å². The summed E-state index contributed by atoms with van der Waals surface area (Å²) in [5.41, 5.74) is 0. The van der Waals surface area contributed by atoms with Gasteiger partial charge in [-0.3, -0.25) is 0 Å². The summed E-state index contributed by atoms with van der Waals surface area (Å²) < 4.78 is 18.0. The van der Waals surface area contributed by atoms with Gasteiger partial charge in [0.1, 0.15) is 6.10 Å². The van der Waals surface area contributed by atoms with Crippen LogP contribution < -0.4 is 0 Å². The van der Waals surface area contributed by atoms with E-state index in [9.17, 15) is 0 Å². The van der Waals surface area contributed by atoms with Gasteiger partial charge in [0.15, 0.2) is 0 Å². The number of hydrogen-bond acceptors (Lipinski definition) is 3. The number of unbranched alkanes of at least 4 members (excludes halogenated alkanes) is 21. The lowest BCUT2D eigenvalue weighted by molar-refractivity contribution is -0.0272. The molecule has 0 radical (unpaired) electrons. The SMILES string of the molecule is C=CCCCCCCCCCOCC(COCCCCCCCCCC=C)OC=CCCCCCCCCC. The molecule has 0 aromatic carbocycles. The molecule has 0 aromatic heterocycles. The molecule has 0 aliphatic heterocycles. The Morgan fingerprint density at radius 1 is 0.487 bits per heavy atom. The van der Waals surface area contributed by atoms with Crippen molar-refractivity contribution >= 4 is 0 Å². The molecule has 0 fully saturated rings. The van der Waals surface area contributed by atoms with Gasteiger partial charge in [0, 0.05) is 13.2 Å². The van der Waals surface area contributed by atoms with Gasteiger partial charge in [-0.25, -0.2) is 0 Å². The Morgan fingerprint density at radius 2 is 0.872 bits per heavy atom. The standard InChI is InChI=1S/C36H68O3/c1-4-7-10-13-16-19-22-25-28-31-37-34-36(39-33-30-27-24-21-18-15-12-9-6-3)35-38-32-29-26-23-20-17-14-11-8-5-2/h4-5,30,33,36H,1-2,6-29,31-32,34-35H2,3H3. The second kappa shape index (κ2) is 35.0. The normalized spacial score (nSPS) is 11.5. The first kappa shape index (κ1) is 37.9. The predicted molar refractivity (Wildman–Crippen MR) is 173 cm³/mol. The van der Waals surface area contributed by atoms with E-state index in [1.807, 2.05) is 18.4 Å². The second-order valence-corrected chi connectivity index (χ2v) is 11.3. The monoisotopic (exact) mass is 549 g/mol. The summed E-state index contributed by atoms with van der Waals surface area (Å²) in [6.07, 6.45) is 39.1. The van der Waals surface area contributed by atoms with Gasteiger partial charge in [0.25, 0.3) is 0 Å². The summed E-state index contributed by atoms with van der Waals surface area (Å²) in [7, 11) is 0. The van der Waals surface area contributed by atoms with Crippen molar-refractivity contribution in [1.82, 2.24) is 0 Å². The van der Waals surface area contributed by atoms with Gasteiger partial charge in [-0.05, 0) is 57.4 Å². The molecule has 0 unspecified atom stereocenters. The third kappa shape index (κ3) is 33.0. The van der Waals surface area contributed by atoms with E-state index < -0.39 is 0 Å². The Kier molecular flexibility index (Phi) is 34.0. The highest BCUT2D eigenvalue weighted by molar-refractivity contribution is 4.75. The van der Waals surface area contributed by atoms with Crippen LogP contribution in [0.15, 0.2) is 37.6 Å². The summed E-state index contributed by atoms with van der Waals surface area (Å²) in [4.78, 5) is 0. The Morgan fingerprint density at radius 3 is 1.31 bits per heavy atom. The van der Waals surface area contributed by atoms with Gasteiger partial charge in [-0.2, -0.15) is 0 Å². The van der Waals surface area contributed by atoms with Crippen LogP contribution in [0.4, 0.5) is 0 Å². The van der Waals surface area contributed by atoms with Crippen molar-refractivity contribution in [3.8, 4) is 0 Å². The molecule has 0 amide bonds. The van der Waals surface area contributed by atoms with Gasteiger partial charge in [-0.15, -0.1) is 13.2 Å². The molecule has 0 atom stereocenters. The lowest BCUT2D eigenvalue weighted by Gasteiger charge is -2.17. The van der Waals surface area contributed by atoms with Gasteiger partial charge < -0.3 is 14.2 Å². The van der Waals surface area contributed by atoms with Crippen LogP contribution in [0, 0.1) is 0 Å². The zero-order chi connectivity index (χ0) is 28.3. The van der Waals surface area contributed by atoms with Crippen molar-refractivity contribution in [3.05, 3.63) is 37.6 Å². The Balaban J connectivity index is 3.97. The molecule has 0 N–H and O–H groups in total. The maximum atomic E-state index is 6.04. The second-order valence-electron chi connectivity index (χ2n) is 11.3. The van der Waals surface area contributed by atoms with Crippen LogP contribution in [-0.2, 0) is 14.2 Å². The highest BCUT2D eigenvalue weighted by atomic mass is 16.6. The van der Waals surface area contributed by atoms with E-state index >= 15 is 0 Å². The quantitative estimate of drug-likeness (QED) is 0.0454. The smallest absolute Gasteiger partial charge is 0.144 e. The largest absolute Gasteiger partial charge is 0.494 e. The zero-order valence-electron chi connectivity index (χ0n) is 26.3. The van der Waals surface area contributed by atoms with E-state index in [0.29, 0.717) is 13.2 Å². The molecule has 0 bridgehead atoms. The van der Waals surface area contributed by atoms with Crippen molar-refractivity contribution in [2.24, 2.45) is 0 Å². The molecule has 0 rings (SSSR count). The lowest BCUT2D eigenvalue weighted by Crippen LogP contribution is -2.24. The first-order chi connectivity index (χ1) is 19.3. The van der Waals surface area contributed by atoms with Crippen LogP contribution in [-0.4, -0.2) is 32.5 Å². The van der Waals surface area contributed by atoms with Crippen molar-refractivity contribution < 1.29 is 14.2 Å². The molecule has 0 spiro atoms. The first-order valence-corrected chi connectivity index (χ1v) is 17.0. The third-order valence-electron chi connectivity index (χ3n) is 7.34. The van der Waals surface area contributed by atoms with E-state index in [0.717, 1.165) is 45.3 Å². The fourth-order valence-electron chi connectivity index (χ4n) is 4.76. The third-order valence-corrected chi connectivity index (χ3v) is 7.34. The minimum Gasteiger partial charge on any atom is -0.494 e. The number of rotatable bonds is 34. The molecule has 230 valence electrons. The highest BCUT2D eigenvalue weighted by Crippen LogP contribution is 2.11. The van der Waals surface area contributed by atoms with Crippen LogP contribution in [0.1, 0.15) is 161 Å². The fourth-order valence-corrected chi connectivity index (χ4v) is 4.76. The molecule has 39 heavy (non-hydrogen) atoms. The van der Waals surface area contributed by atoms with E-state index in [4.69, 9.17) is 14.2 Å². The van der Waals surface area contributed by atoms with Gasteiger partial charge in [0.2, 0.25) is 0 Å².